The summed E-state index contributed by atoms with van der Waals surface area (Å²) in [6, 6.07) is 20.2. The molecule has 20 heavy (non-hydrogen) atoms. The summed E-state index contributed by atoms with van der Waals surface area (Å²) in [4.78, 5) is 14.9. The van der Waals surface area contributed by atoms with E-state index in [1.54, 1.807) is 0 Å². The molecule has 0 radical (unpaired) electrons. The van der Waals surface area contributed by atoms with Crippen LogP contribution in [0.25, 0.3) is 0 Å². The summed E-state index contributed by atoms with van der Waals surface area (Å²) < 4.78 is 0. The zero-order valence-electron chi connectivity index (χ0n) is 11.7. The highest BCUT2D eigenvalue weighted by Crippen LogP contribution is 2.44. The second kappa shape index (κ2) is 5.59. The molecule has 2 aromatic rings. The maximum atomic E-state index is 12.6. The van der Waals surface area contributed by atoms with Gasteiger partial charge in [-0.15, -0.1) is 0 Å². The first-order chi connectivity index (χ1) is 9.83. The number of carbonyl (C=O) groups is 1. The third-order valence-electron chi connectivity index (χ3n) is 3.87. The lowest BCUT2D eigenvalue weighted by molar-refractivity contribution is 0.0974. The first kappa shape index (κ1) is 13.1. The van der Waals surface area contributed by atoms with Gasteiger partial charge in [-0.3, -0.25) is 9.69 Å². The first-order valence-electron chi connectivity index (χ1n) is 7.23. The van der Waals surface area contributed by atoms with E-state index in [1.807, 2.05) is 48.5 Å². The summed E-state index contributed by atoms with van der Waals surface area (Å²) in [5.74, 6) is 0.243. The molecule has 1 fully saturated rings. The molecule has 1 aliphatic heterocycles. The Hall–Kier alpha value is -1.93. The summed E-state index contributed by atoms with van der Waals surface area (Å²) in [5, 5.41) is 0. The molecule has 1 saturated heterocycles. The summed E-state index contributed by atoms with van der Waals surface area (Å²) in [6.45, 7) is 3.13. The zero-order chi connectivity index (χ0) is 13.9. The van der Waals surface area contributed by atoms with Gasteiger partial charge in [0.1, 0.15) is 0 Å². The van der Waals surface area contributed by atoms with Crippen LogP contribution in [0.4, 0.5) is 0 Å². The van der Waals surface area contributed by atoms with Gasteiger partial charge in [-0.1, -0.05) is 67.6 Å². The summed E-state index contributed by atoms with van der Waals surface area (Å²) >= 11 is 0. The number of hydrogen-bond donors (Lipinski definition) is 0. The van der Waals surface area contributed by atoms with Crippen molar-refractivity contribution in [3.8, 4) is 0 Å². The molecule has 0 bridgehead atoms. The topological polar surface area (TPSA) is 20.1 Å². The lowest BCUT2D eigenvalue weighted by atomic mass is 10.0. The van der Waals surface area contributed by atoms with Gasteiger partial charge >= 0.3 is 0 Å². The minimum absolute atomic E-state index is 0.0137. The molecule has 0 saturated carbocycles. The average Bonchev–Trinajstić information content (AvgIpc) is 3.23. The normalized spacial score (nSPS) is 24.4. The summed E-state index contributed by atoms with van der Waals surface area (Å²) in [7, 11) is 0. The van der Waals surface area contributed by atoms with Gasteiger partial charge in [0.05, 0.1) is 12.1 Å². The van der Waals surface area contributed by atoms with Crippen molar-refractivity contribution in [3.05, 3.63) is 71.8 Å². The second-order valence-electron chi connectivity index (χ2n) is 5.27. The smallest absolute Gasteiger partial charge is 0.181 e. The average molecular weight is 265 g/mol. The highest BCUT2D eigenvalue weighted by molar-refractivity contribution is 6.02. The molecule has 3 rings (SSSR count). The monoisotopic (exact) mass is 265 g/mol. The molecular formula is C18H19NO. The van der Waals surface area contributed by atoms with Crippen molar-refractivity contribution in [2.75, 3.05) is 6.54 Å². The molecular weight excluding hydrogens is 246 g/mol. The van der Waals surface area contributed by atoms with Crippen molar-refractivity contribution in [2.45, 2.75) is 25.4 Å². The number of carbonyl (C=O) groups excluding carboxylic acids is 1. The van der Waals surface area contributed by atoms with Crippen molar-refractivity contribution in [3.63, 3.8) is 0 Å². The van der Waals surface area contributed by atoms with Crippen LogP contribution in [0.3, 0.4) is 0 Å². The van der Waals surface area contributed by atoms with Gasteiger partial charge in [-0.05, 0) is 18.5 Å². The van der Waals surface area contributed by atoms with E-state index in [-0.39, 0.29) is 17.9 Å². The number of benzene rings is 2. The Morgan fingerprint density at radius 2 is 1.60 bits per heavy atom. The van der Waals surface area contributed by atoms with E-state index in [4.69, 9.17) is 0 Å². The molecule has 1 heterocycles. The van der Waals surface area contributed by atoms with Crippen LogP contribution in [0.5, 0.6) is 0 Å². The molecule has 1 aliphatic rings. The summed E-state index contributed by atoms with van der Waals surface area (Å²) in [6.07, 6.45) is 1.07. The lowest BCUT2D eigenvalue weighted by Gasteiger charge is -2.00. The van der Waals surface area contributed by atoms with Gasteiger partial charge < -0.3 is 0 Å². The van der Waals surface area contributed by atoms with Gasteiger partial charge in [0.15, 0.2) is 5.78 Å². The van der Waals surface area contributed by atoms with Crippen LogP contribution in [0.15, 0.2) is 60.7 Å². The van der Waals surface area contributed by atoms with E-state index in [1.165, 1.54) is 5.56 Å². The van der Waals surface area contributed by atoms with Gasteiger partial charge in [0, 0.05) is 5.56 Å². The Bertz CT molecular complexity index is 579. The van der Waals surface area contributed by atoms with E-state index in [0.717, 1.165) is 18.5 Å². The fourth-order valence-corrected chi connectivity index (χ4v) is 2.90. The number of rotatable bonds is 5. The zero-order valence-corrected chi connectivity index (χ0v) is 11.7. The molecule has 0 aromatic heterocycles. The predicted molar refractivity (Wildman–Crippen MR) is 80.7 cm³/mol. The minimum Gasteiger partial charge on any atom is -0.292 e. The minimum atomic E-state index is 0.0137. The van der Waals surface area contributed by atoms with E-state index in [9.17, 15) is 4.79 Å². The van der Waals surface area contributed by atoms with E-state index < -0.39 is 0 Å². The molecule has 0 aliphatic carbocycles. The number of Topliss-reactive ketones (excluding diaryl/α,β-unsaturated/α-hetero) is 1. The van der Waals surface area contributed by atoms with Crippen molar-refractivity contribution in [1.29, 1.82) is 0 Å². The number of hydrogen-bond acceptors (Lipinski definition) is 2. The SMILES string of the molecule is CCCN1C(C(=O)c2ccccc2)C1c1ccccc1. The van der Waals surface area contributed by atoms with Crippen molar-refractivity contribution >= 4 is 5.78 Å². The van der Waals surface area contributed by atoms with Crippen molar-refractivity contribution in [1.82, 2.24) is 4.90 Å². The Labute approximate surface area is 120 Å². The highest BCUT2D eigenvalue weighted by Gasteiger charge is 2.52. The highest BCUT2D eigenvalue weighted by atomic mass is 16.1. The van der Waals surface area contributed by atoms with Gasteiger partial charge in [-0.2, -0.15) is 0 Å². The fourth-order valence-electron chi connectivity index (χ4n) is 2.90. The lowest BCUT2D eigenvalue weighted by Crippen LogP contribution is -2.13. The van der Waals surface area contributed by atoms with Crippen LogP contribution < -0.4 is 0 Å². The maximum absolute atomic E-state index is 12.6. The Balaban J connectivity index is 1.83. The molecule has 2 nitrogen and oxygen atoms in total. The van der Waals surface area contributed by atoms with Crippen LogP contribution in [0, 0.1) is 0 Å². The predicted octanol–water partition coefficient (Wildman–Crippen LogP) is 3.70. The Morgan fingerprint density at radius 3 is 2.20 bits per heavy atom. The largest absolute Gasteiger partial charge is 0.292 e. The van der Waals surface area contributed by atoms with Gasteiger partial charge in [0.2, 0.25) is 0 Å². The molecule has 3 atom stereocenters. The van der Waals surface area contributed by atoms with E-state index in [0.29, 0.717) is 0 Å². The first-order valence-corrected chi connectivity index (χ1v) is 7.23. The maximum Gasteiger partial charge on any atom is 0.181 e. The Kier molecular flexibility index (Phi) is 3.66. The standard InChI is InChI=1S/C18H19NO/c1-2-13-19-16(14-9-5-3-6-10-14)17(19)18(20)15-11-7-4-8-12-15/h3-12,16-17H,2,13H2,1H3. The van der Waals surface area contributed by atoms with Crippen LogP contribution in [0.2, 0.25) is 0 Å². The molecule has 2 aromatic carbocycles. The molecule has 3 unspecified atom stereocenters. The van der Waals surface area contributed by atoms with Crippen LogP contribution in [0.1, 0.15) is 35.3 Å². The van der Waals surface area contributed by atoms with Crippen LogP contribution in [-0.4, -0.2) is 23.3 Å². The molecule has 0 N–H and O–H groups in total. The molecule has 0 spiro atoms. The van der Waals surface area contributed by atoms with Gasteiger partial charge in [0.25, 0.3) is 0 Å². The Morgan fingerprint density at radius 1 is 1.00 bits per heavy atom. The fraction of sp³-hybridized carbons (Fsp3) is 0.278. The van der Waals surface area contributed by atoms with E-state index in [2.05, 4.69) is 24.0 Å². The molecule has 2 heteroatoms. The third kappa shape index (κ3) is 2.39. The number of ketones is 1. The van der Waals surface area contributed by atoms with Crippen molar-refractivity contribution < 1.29 is 4.79 Å². The van der Waals surface area contributed by atoms with Crippen molar-refractivity contribution in [2.24, 2.45) is 0 Å². The second-order valence-corrected chi connectivity index (χ2v) is 5.27. The molecule has 102 valence electrons. The van der Waals surface area contributed by atoms with Crippen LogP contribution in [-0.2, 0) is 0 Å². The summed E-state index contributed by atoms with van der Waals surface area (Å²) in [5.41, 5.74) is 2.06. The quantitative estimate of drug-likeness (QED) is 0.606. The van der Waals surface area contributed by atoms with E-state index >= 15 is 0 Å². The molecule has 0 amide bonds. The third-order valence-corrected chi connectivity index (χ3v) is 3.87. The van der Waals surface area contributed by atoms with Gasteiger partial charge in [-0.25, -0.2) is 0 Å². The number of nitrogens with zero attached hydrogens (tertiary/aromatic N) is 1. The van der Waals surface area contributed by atoms with Crippen LogP contribution >= 0.6 is 0 Å².